The monoisotopic (exact) mass is 271 g/mol. The van der Waals surface area contributed by atoms with Crippen LogP contribution in [0.4, 0.5) is 5.69 Å². The van der Waals surface area contributed by atoms with Crippen molar-refractivity contribution in [2.45, 2.75) is 32.2 Å². The van der Waals surface area contributed by atoms with Gasteiger partial charge >= 0.3 is 0 Å². The molecule has 0 aromatic heterocycles. The number of nitrogens with one attached hydrogen (secondary N) is 1. The molecule has 2 rings (SSSR count). The van der Waals surface area contributed by atoms with Crippen molar-refractivity contribution >= 4 is 11.6 Å². The van der Waals surface area contributed by atoms with Gasteiger partial charge in [-0.3, -0.25) is 4.79 Å². The summed E-state index contributed by atoms with van der Waals surface area (Å²) in [4.78, 5) is 14.2. The average molecular weight is 271 g/mol. The molecule has 20 heavy (non-hydrogen) atoms. The molecule has 0 aliphatic carbocycles. The van der Waals surface area contributed by atoms with E-state index in [2.05, 4.69) is 18.3 Å². The number of rotatable bonds is 3. The van der Waals surface area contributed by atoms with Gasteiger partial charge in [0.25, 0.3) is 0 Å². The summed E-state index contributed by atoms with van der Waals surface area (Å²) in [5.74, 6) is 0.710. The van der Waals surface area contributed by atoms with Crippen molar-refractivity contribution in [3.8, 4) is 6.07 Å². The maximum absolute atomic E-state index is 12.5. The van der Waals surface area contributed by atoms with Crippen LogP contribution in [0.1, 0.15) is 31.7 Å². The Balaban J connectivity index is 2.09. The summed E-state index contributed by atoms with van der Waals surface area (Å²) >= 11 is 0. The fourth-order valence-electron chi connectivity index (χ4n) is 2.70. The van der Waals surface area contributed by atoms with E-state index in [-0.39, 0.29) is 11.9 Å². The van der Waals surface area contributed by atoms with Crippen LogP contribution in [0.25, 0.3) is 0 Å². The highest BCUT2D eigenvalue weighted by molar-refractivity contribution is 5.96. The number of likely N-dealkylation sites (N-methyl/N-ethyl adjacent to an activating group) is 1. The van der Waals surface area contributed by atoms with Crippen molar-refractivity contribution in [1.29, 1.82) is 5.26 Å². The lowest BCUT2D eigenvalue weighted by Gasteiger charge is -2.31. The topological polar surface area (TPSA) is 56.1 Å². The Morgan fingerprint density at radius 3 is 3.05 bits per heavy atom. The molecule has 4 nitrogen and oxygen atoms in total. The Hall–Kier alpha value is -1.86. The lowest BCUT2D eigenvalue weighted by molar-refractivity contribution is -0.121. The van der Waals surface area contributed by atoms with Crippen molar-refractivity contribution in [2.75, 3.05) is 18.5 Å². The van der Waals surface area contributed by atoms with Crippen LogP contribution in [0.2, 0.25) is 0 Å². The first kappa shape index (κ1) is 14.5. The van der Waals surface area contributed by atoms with Gasteiger partial charge in [-0.1, -0.05) is 19.4 Å². The lowest BCUT2D eigenvalue weighted by Crippen LogP contribution is -2.49. The molecule has 106 valence electrons. The average Bonchev–Trinajstić information content (AvgIpc) is 2.53. The number of anilines is 1. The zero-order valence-electron chi connectivity index (χ0n) is 12.1. The first-order valence-electron chi connectivity index (χ1n) is 7.16. The summed E-state index contributed by atoms with van der Waals surface area (Å²) in [6.45, 7) is 3.08. The number of hydrogen-bond acceptors (Lipinski definition) is 3. The van der Waals surface area contributed by atoms with E-state index < -0.39 is 0 Å². The Morgan fingerprint density at radius 1 is 1.55 bits per heavy atom. The van der Waals surface area contributed by atoms with E-state index in [4.69, 9.17) is 5.26 Å². The molecule has 4 heteroatoms. The summed E-state index contributed by atoms with van der Waals surface area (Å²) in [7, 11) is 1.77. The summed E-state index contributed by atoms with van der Waals surface area (Å²) in [5, 5.41) is 12.2. The molecule has 0 bridgehead atoms. The summed E-state index contributed by atoms with van der Waals surface area (Å²) in [6, 6.07) is 9.15. The van der Waals surface area contributed by atoms with E-state index in [1.807, 2.05) is 6.07 Å². The second-order valence-electron chi connectivity index (χ2n) is 5.36. The summed E-state index contributed by atoms with van der Waals surface area (Å²) in [6.07, 6.45) is 3.17. The number of hydrogen-bond donors (Lipinski definition) is 1. The quantitative estimate of drug-likeness (QED) is 0.917. The SMILES string of the molecule is CCC1CCNC(C(=O)N(C)c2cccc(C#N)c2)C1. The van der Waals surface area contributed by atoms with Gasteiger partial charge in [0, 0.05) is 12.7 Å². The molecule has 1 amide bonds. The van der Waals surface area contributed by atoms with Gasteiger partial charge in [0.1, 0.15) is 0 Å². The van der Waals surface area contributed by atoms with Crippen LogP contribution >= 0.6 is 0 Å². The number of nitriles is 1. The minimum Gasteiger partial charge on any atom is -0.314 e. The van der Waals surface area contributed by atoms with Gasteiger partial charge < -0.3 is 10.2 Å². The maximum Gasteiger partial charge on any atom is 0.243 e. The van der Waals surface area contributed by atoms with Crippen LogP contribution in [0.3, 0.4) is 0 Å². The molecule has 0 spiro atoms. The number of amides is 1. The molecule has 1 N–H and O–H groups in total. The van der Waals surface area contributed by atoms with E-state index in [0.29, 0.717) is 11.5 Å². The van der Waals surface area contributed by atoms with Crippen LogP contribution in [0, 0.1) is 17.2 Å². The van der Waals surface area contributed by atoms with E-state index in [9.17, 15) is 4.79 Å². The molecule has 0 saturated carbocycles. The zero-order chi connectivity index (χ0) is 14.5. The maximum atomic E-state index is 12.5. The molecule has 2 unspecified atom stereocenters. The molecule has 1 aromatic carbocycles. The Labute approximate surface area is 120 Å². The standard InChI is InChI=1S/C16H21N3O/c1-3-12-7-8-18-15(10-12)16(20)19(2)14-6-4-5-13(9-14)11-17/h4-6,9,12,15,18H,3,7-8,10H2,1-2H3. The molecular formula is C16H21N3O. The smallest absolute Gasteiger partial charge is 0.243 e. The highest BCUT2D eigenvalue weighted by Crippen LogP contribution is 2.22. The largest absolute Gasteiger partial charge is 0.314 e. The Bertz CT molecular complexity index is 521. The minimum absolute atomic E-state index is 0.0817. The van der Waals surface area contributed by atoms with E-state index in [0.717, 1.165) is 31.5 Å². The van der Waals surface area contributed by atoms with E-state index in [1.54, 1.807) is 30.1 Å². The molecule has 1 aliphatic heterocycles. The second kappa shape index (κ2) is 6.53. The molecule has 1 saturated heterocycles. The van der Waals surface area contributed by atoms with Gasteiger partial charge in [-0.15, -0.1) is 0 Å². The van der Waals surface area contributed by atoms with Crippen LogP contribution in [0.15, 0.2) is 24.3 Å². The van der Waals surface area contributed by atoms with Crippen LogP contribution in [-0.2, 0) is 4.79 Å². The predicted molar refractivity (Wildman–Crippen MR) is 79.4 cm³/mol. The highest BCUT2D eigenvalue weighted by Gasteiger charge is 2.28. The van der Waals surface area contributed by atoms with Crippen molar-refractivity contribution < 1.29 is 4.79 Å². The Morgan fingerprint density at radius 2 is 2.35 bits per heavy atom. The van der Waals surface area contributed by atoms with Crippen LogP contribution < -0.4 is 10.2 Å². The second-order valence-corrected chi connectivity index (χ2v) is 5.36. The number of carbonyl (C=O) groups is 1. The van der Waals surface area contributed by atoms with E-state index in [1.165, 1.54) is 0 Å². The highest BCUT2D eigenvalue weighted by atomic mass is 16.2. The number of benzene rings is 1. The summed E-state index contributed by atoms with van der Waals surface area (Å²) < 4.78 is 0. The first-order chi connectivity index (χ1) is 9.65. The molecule has 1 aliphatic rings. The fourth-order valence-corrected chi connectivity index (χ4v) is 2.70. The van der Waals surface area contributed by atoms with Gasteiger partial charge in [-0.05, 0) is 43.5 Å². The molecular weight excluding hydrogens is 250 g/mol. The van der Waals surface area contributed by atoms with Crippen LogP contribution in [-0.4, -0.2) is 25.5 Å². The van der Waals surface area contributed by atoms with Gasteiger partial charge in [0.05, 0.1) is 17.7 Å². The first-order valence-corrected chi connectivity index (χ1v) is 7.16. The van der Waals surface area contributed by atoms with Gasteiger partial charge in [0.2, 0.25) is 5.91 Å². The third-order valence-electron chi connectivity index (χ3n) is 4.08. The van der Waals surface area contributed by atoms with Crippen molar-refractivity contribution in [3.63, 3.8) is 0 Å². The Kier molecular flexibility index (Phi) is 4.75. The van der Waals surface area contributed by atoms with Gasteiger partial charge in [-0.25, -0.2) is 0 Å². The number of piperidine rings is 1. The third kappa shape index (κ3) is 3.17. The predicted octanol–water partition coefficient (Wildman–Crippen LogP) is 2.30. The third-order valence-corrected chi connectivity index (χ3v) is 4.08. The zero-order valence-corrected chi connectivity index (χ0v) is 12.1. The molecule has 1 aromatic rings. The molecule has 1 heterocycles. The number of nitrogens with zero attached hydrogens (tertiary/aromatic N) is 2. The van der Waals surface area contributed by atoms with Crippen molar-refractivity contribution in [3.05, 3.63) is 29.8 Å². The van der Waals surface area contributed by atoms with Gasteiger partial charge in [-0.2, -0.15) is 5.26 Å². The van der Waals surface area contributed by atoms with E-state index >= 15 is 0 Å². The fraction of sp³-hybridized carbons (Fsp3) is 0.500. The number of carbonyl (C=O) groups excluding carboxylic acids is 1. The van der Waals surface area contributed by atoms with Crippen molar-refractivity contribution in [2.24, 2.45) is 5.92 Å². The minimum atomic E-state index is -0.107. The van der Waals surface area contributed by atoms with Gasteiger partial charge in [0.15, 0.2) is 0 Å². The molecule has 2 atom stereocenters. The molecule has 0 radical (unpaired) electrons. The summed E-state index contributed by atoms with van der Waals surface area (Å²) in [5.41, 5.74) is 1.35. The lowest BCUT2D eigenvalue weighted by atomic mass is 9.90. The molecule has 1 fully saturated rings. The normalized spacial score (nSPS) is 22.1. The van der Waals surface area contributed by atoms with Crippen molar-refractivity contribution in [1.82, 2.24) is 5.32 Å². The van der Waals surface area contributed by atoms with Crippen LogP contribution in [0.5, 0.6) is 0 Å².